The van der Waals surface area contributed by atoms with Crippen molar-refractivity contribution in [2.24, 2.45) is 0 Å². The molecule has 1 fully saturated rings. The van der Waals surface area contributed by atoms with E-state index >= 15 is 4.39 Å². The summed E-state index contributed by atoms with van der Waals surface area (Å²) in [5.74, 6) is -1.84. The number of nitrogens with one attached hydrogen (secondary N) is 2. The monoisotopic (exact) mass is 711 g/mol. The standard InChI is InChI=1S/C38H35F2N5O7/c1-41-36(46)31-21-33(28-9-8-27(20-30(28)43-31)50-15-2-12-44-13-17-49-18-14-44)52-32-10-5-25(19-29(32)40)42-37(47)34-35-23(11-16-51-35)22-45(38(34)48)26-6-3-24(39)4-7-26/h3-10,19-22H,2,11-18H2,1H3,(H,41,46)(H,42,47). The molecular weight excluding hydrogens is 676 g/mol. The number of ether oxygens (including phenoxy) is 4. The van der Waals surface area contributed by atoms with E-state index in [2.05, 4.69) is 20.5 Å². The maximum atomic E-state index is 15.6. The molecule has 14 heteroatoms. The number of benzene rings is 3. The number of morpholine rings is 1. The highest BCUT2D eigenvalue weighted by Gasteiger charge is 2.27. The maximum Gasteiger partial charge on any atom is 0.271 e. The molecule has 268 valence electrons. The van der Waals surface area contributed by atoms with E-state index in [1.54, 1.807) is 24.4 Å². The molecule has 7 rings (SSSR count). The average Bonchev–Trinajstić information content (AvgIpc) is 3.62. The maximum absolute atomic E-state index is 15.6. The first-order chi connectivity index (χ1) is 25.3. The number of carbonyl (C=O) groups excluding carboxylic acids is 2. The molecule has 0 aliphatic carbocycles. The summed E-state index contributed by atoms with van der Waals surface area (Å²) >= 11 is 0. The first kappa shape index (κ1) is 34.6. The van der Waals surface area contributed by atoms with E-state index in [4.69, 9.17) is 18.9 Å². The summed E-state index contributed by atoms with van der Waals surface area (Å²) in [5.41, 5.74) is 0.590. The van der Waals surface area contributed by atoms with E-state index in [-0.39, 0.29) is 40.8 Å². The van der Waals surface area contributed by atoms with Crippen molar-refractivity contribution < 1.29 is 37.3 Å². The lowest BCUT2D eigenvalue weighted by Gasteiger charge is -2.26. The molecule has 52 heavy (non-hydrogen) atoms. The van der Waals surface area contributed by atoms with Crippen molar-refractivity contribution in [3.05, 3.63) is 112 Å². The van der Waals surface area contributed by atoms with Gasteiger partial charge in [0.05, 0.1) is 31.9 Å². The first-order valence-corrected chi connectivity index (χ1v) is 16.8. The quantitative estimate of drug-likeness (QED) is 0.180. The van der Waals surface area contributed by atoms with Crippen LogP contribution >= 0.6 is 0 Å². The van der Waals surface area contributed by atoms with Crippen molar-refractivity contribution in [2.75, 3.05) is 58.4 Å². The number of fused-ring (bicyclic) bond motifs is 2. The number of hydrogen-bond acceptors (Lipinski definition) is 9. The summed E-state index contributed by atoms with van der Waals surface area (Å²) in [6.07, 6.45) is 2.86. The molecule has 5 aromatic rings. The summed E-state index contributed by atoms with van der Waals surface area (Å²) in [6.45, 7) is 4.91. The van der Waals surface area contributed by atoms with Gasteiger partial charge >= 0.3 is 0 Å². The molecule has 3 aromatic carbocycles. The highest BCUT2D eigenvalue weighted by molar-refractivity contribution is 6.06. The van der Waals surface area contributed by atoms with Gasteiger partial charge in [-0.05, 0) is 55.0 Å². The normalized spacial score (nSPS) is 14.1. The van der Waals surface area contributed by atoms with E-state index in [0.29, 0.717) is 40.9 Å². The van der Waals surface area contributed by atoms with Crippen molar-refractivity contribution in [1.82, 2.24) is 19.8 Å². The lowest BCUT2D eigenvalue weighted by molar-refractivity contribution is 0.0358. The second-order valence-electron chi connectivity index (χ2n) is 12.2. The van der Waals surface area contributed by atoms with Crippen LogP contribution in [-0.4, -0.2) is 79.4 Å². The Labute approximate surface area is 296 Å². The molecule has 0 spiro atoms. The van der Waals surface area contributed by atoms with Crippen molar-refractivity contribution in [2.45, 2.75) is 12.8 Å². The largest absolute Gasteiger partial charge is 0.493 e. The Morgan fingerprint density at radius 2 is 1.75 bits per heavy atom. The van der Waals surface area contributed by atoms with Gasteiger partial charge in [0.15, 0.2) is 11.6 Å². The zero-order valence-corrected chi connectivity index (χ0v) is 28.2. The van der Waals surface area contributed by atoms with Crippen LogP contribution in [0, 0.1) is 11.6 Å². The molecule has 4 heterocycles. The third-order valence-corrected chi connectivity index (χ3v) is 8.79. The smallest absolute Gasteiger partial charge is 0.271 e. The molecule has 0 bridgehead atoms. The van der Waals surface area contributed by atoms with Gasteiger partial charge in [0.2, 0.25) is 0 Å². The van der Waals surface area contributed by atoms with Gasteiger partial charge < -0.3 is 29.6 Å². The fourth-order valence-corrected chi connectivity index (χ4v) is 6.12. The Bertz CT molecular complexity index is 2200. The molecule has 0 saturated carbocycles. The molecule has 1 saturated heterocycles. The third-order valence-electron chi connectivity index (χ3n) is 8.79. The van der Waals surface area contributed by atoms with Crippen LogP contribution in [-0.2, 0) is 11.2 Å². The predicted octanol–water partition coefficient (Wildman–Crippen LogP) is 5.10. The summed E-state index contributed by atoms with van der Waals surface area (Å²) < 4.78 is 53.4. The second-order valence-corrected chi connectivity index (χ2v) is 12.2. The Kier molecular flexibility index (Phi) is 10.1. The number of amides is 2. The number of rotatable bonds is 11. The SMILES string of the molecule is CNC(=O)c1cc(Oc2ccc(NC(=O)c3c4c(cn(-c5ccc(F)cc5)c3=O)CCO4)cc2F)c2ccc(OCCCN3CCOCC3)cc2n1. The molecule has 2 amide bonds. The van der Waals surface area contributed by atoms with Gasteiger partial charge in [-0.25, -0.2) is 13.8 Å². The molecule has 12 nitrogen and oxygen atoms in total. The van der Waals surface area contributed by atoms with E-state index in [1.807, 2.05) is 0 Å². The number of anilines is 1. The Morgan fingerprint density at radius 1 is 0.942 bits per heavy atom. The van der Waals surface area contributed by atoms with E-state index in [9.17, 15) is 18.8 Å². The molecule has 2 aromatic heterocycles. The lowest BCUT2D eigenvalue weighted by Crippen LogP contribution is -2.37. The van der Waals surface area contributed by atoms with Gasteiger partial charge in [0.1, 0.15) is 34.3 Å². The fraction of sp³-hybridized carbons (Fsp3) is 0.263. The molecule has 2 N–H and O–H groups in total. The van der Waals surface area contributed by atoms with Gasteiger partial charge in [-0.15, -0.1) is 0 Å². The second kappa shape index (κ2) is 15.2. The minimum absolute atomic E-state index is 0.0548. The van der Waals surface area contributed by atoms with Gasteiger partial charge in [0, 0.05) is 79.8 Å². The Balaban J connectivity index is 1.10. The number of aromatic nitrogens is 2. The van der Waals surface area contributed by atoms with E-state index in [1.165, 1.54) is 54.1 Å². The number of halogens is 2. The van der Waals surface area contributed by atoms with Crippen LogP contribution in [0.2, 0.25) is 0 Å². The number of carbonyl (C=O) groups is 2. The van der Waals surface area contributed by atoms with Crippen LogP contribution in [0.5, 0.6) is 23.0 Å². The molecule has 2 aliphatic heterocycles. The Hall–Kier alpha value is -5.86. The van der Waals surface area contributed by atoms with Crippen molar-refractivity contribution in [3.8, 4) is 28.7 Å². The topological polar surface area (TPSA) is 133 Å². The molecule has 0 atom stereocenters. The molecule has 0 radical (unpaired) electrons. The summed E-state index contributed by atoms with van der Waals surface area (Å²) in [4.78, 5) is 46.4. The minimum Gasteiger partial charge on any atom is -0.493 e. The highest BCUT2D eigenvalue weighted by atomic mass is 19.1. The fourth-order valence-electron chi connectivity index (χ4n) is 6.12. The van der Waals surface area contributed by atoms with Gasteiger partial charge in [-0.3, -0.25) is 23.9 Å². The zero-order chi connectivity index (χ0) is 36.2. The highest BCUT2D eigenvalue weighted by Crippen LogP contribution is 2.35. The predicted molar refractivity (Wildman–Crippen MR) is 188 cm³/mol. The van der Waals surface area contributed by atoms with Crippen LogP contribution in [0.4, 0.5) is 14.5 Å². The van der Waals surface area contributed by atoms with Crippen LogP contribution in [0.15, 0.2) is 77.7 Å². The summed E-state index contributed by atoms with van der Waals surface area (Å²) in [6, 6.07) is 15.7. The summed E-state index contributed by atoms with van der Waals surface area (Å²) in [7, 11) is 1.48. The van der Waals surface area contributed by atoms with Crippen LogP contribution in [0.3, 0.4) is 0 Å². The van der Waals surface area contributed by atoms with Crippen LogP contribution in [0.25, 0.3) is 16.6 Å². The molecule has 2 aliphatic rings. The minimum atomic E-state index is -0.817. The van der Waals surface area contributed by atoms with Crippen molar-refractivity contribution >= 4 is 28.4 Å². The van der Waals surface area contributed by atoms with Crippen LogP contribution < -0.4 is 30.4 Å². The van der Waals surface area contributed by atoms with E-state index < -0.39 is 29.0 Å². The Morgan fingerprint density at radius 3 is 2.52 bits per heavy atom. The lowest BCUT2D eigenvalue weighted by atomic mass is 10.1. The van der Waals surface area contributed by atoms with Crippen molar-refractivity contribution in [1.29, 1.82) is 0 Å². The number of nitrogens with zero attached hydrogens (tertiary/aromatic N) is 3. The number of pyridine rings is 2. The summed E-state index contributed by atoms with van der Waals surface area (Å²) in [5, 5.41) is 5.64. The van der Waals surface area contributed by atoms with Crippen LogP contribution in [0.1, 0.15) is 32.8 Å². The first-order valence-electron chi connectivity index (χ1n) is 16.8. The van der Waals surface area contributed by atoms with E-state index in [0.717, 1.165) is 45.3 Å². The van der Waals surface area contributed by atoms with Gasteiger partial charge in [-0.2, -0.15) is 0 Å². The average molecular weight is 712 g/mol. The third kappa shape index (κ3) is 7.43. The van der Waals surface area contributed by atoms with Gasteiger partial charge in [-0.1, -0.05) is 0 Å². The number of hydrogen-bond donors (Lipinski definition) is 2. The van der Waals surface area contributed by atoms with Crippen molar-refractivity contribution in [3.63, 3.8) is 0 Å². The molecular formula is C38H35F2N5O7. The van der Waals surface area contributed by atoms with Gasteiger partial charge in [0.25, 0.3) is 17.4 Å². The molecule has 0 unspecified atom stereocenters. The zero-order valence-electron chi connectivity index (χ0n) is 28.2.